The van der Waals surface area contributed by atoms with Crippen LogP contribution in [0.1, 0.15) is 27.0 Å². The van der Waals surface area contributed by atoms with Crippen molar-refractivity contribution in [1.29, 1.82) is 0 Å². The minimum atomic E-state index is -0.751. The first kappa shape index (κ1) is 19.1. The van der Waals surface area contributed by atoms with Crippen LogP contribution in [-0.2, 0) is 0 Å². The summed E-state index contributed by atoms with van der Waals surface area (Å²) in [4.78, 5) is 4.00. The molecule has 7 heteroatoms. The van der Waals surface area contributed by atoms with Crippen molar-refractivity contribution < 1.29 is 9.84 Å². The van der Waals surface area contributed by atoms with Crippen LogP contribution in [0.4, 0.5) is 0 Å². The van der Waals surface area contributed by atoms with Gasteiger partial charge < -0.3 is 9.84 Å². The standard InChI is InChI=1S/C15H18Cl2N2O2.ClH/c1-15(2,3)13(20)14(19-7-6-18-9-19)21-12-5-4-10(16)8-11(12)17;/h4-9,13-14,20H,1-3H3;1H. The predicted octanol–water partition coefficient (Wildman–Crippen LogP) is 4.60. The van der Waals surface area contributed by atoms with E-state index in [1.807, 2.05) is 20.8 Å². The Morgan fingerprint density at radius 1 is 1.27 bits per heavy atom. The molecule has 0 aliphatic heterocycles. The third kappa shape index (κ3) is 4.53. The van der Waals surface area contributed by atoms with E-state index >= 15 is 0 Å². The summed E-state index contributed by atoms with van der Waals surface area (Å²) in [5, 5.41) is 11.5. The number of hydrogen-bond acceptors (Lipinski definition) is 3. The number of halogens is 3. The highest BCUT2D eigenvalue weighted by molar-refractivity contribution is 6.35. The molecule has 2 unspecified atom stereocenters. The summed E-state index contributed by atoms with van der Waals surface area (Å²) < 4.78 is 7.62. The Balaban J connectivity index is 0.00000242. The number of nitrogens with zero attached hydrogens (tertiary/aromatic N) is 2. The molecule has 2 aromatic rings. The van der Waals surface area contributed by atoms with Gasteiger partial charge in [-0.15, -0.1) is 12.4 Å². The molecule has 1 N–H and O–H groups in total. The second-order valence-corrected chi connectivity index (χ2v) is 6.75. The molecule has 0 saturated carbocycles. The predicted molar refractivity (Wildman–Crippen MR) is 91.1 cm³/mol. The van der Waals surface area contributed by atoms with Gasteiger partial charge in [-0.3, -0.25) is 4.57 Å². The maximum absolute atomic E-state index is 10.6. The highest BCUT2D eigenvalue weighted by Gasteiger charge is 2.33. The molecular formula is C15H19Cl3N2O2. The molecule has 0 spiro atoms. The lowest BCUT2D eigenvalue weighted by molar-refractivity contribution is -0.0674. The van der Waals surface area contributed by atoms with Gasteiger partial charge in [0.2, 0.25) is 6.23 Å². The molecule has 4 nitrogen and oxygen atoms in total. The number of aliphatic hydroxyl groups excluding tert-OH is 1. The molecule has 0 amide bonds. The van der Waals surface area contributed by atoms with Gasteiger partial charge in [0.25, 0.3) is 0 Å². The molecule has 122 valence electrons. The van der Waals surface area contributed by atoms with Crippen molar-refractivity contribution in [2.75, 3.05) is 0 Å². The molecule has 0 saturated heterocycles. The highest BCUT2D eigenvalue weighted by Crippen LogP contribution is 2.34. The fraction of sp³-hybridized carbons (Fsp3) is 0.400. The summed E-state index contributed by atoms with van der Waals surface area (Å²) in [5.74, 6) is 0.461. The van der Waals surface area contributed by atoms with Crippen molar-refractivity contribution >= 4 is 35.6 Å². The summed E-state index contributed by atoms with van der Waals surface area (Å²) in [6, 6.07) is 4.98. The number of imidazole rings is 1. The molecule has 22 heavy (non-hydrogen) atoms. The van der Waals surface area contributed by atoms with E-state index in [0.29, 0.717) is 15.8 Å². The molecular weight excluding hydrogens is 347 g/mol. The van der Waals surface area contributed by atoms with Gasteiger partial charge >= 0.3 is 0 Å². The van der Waals surface area contributed by atoms with E-state index in [0.717, 1.165) is 0 Å². The molecule has 0 bridgehead atoms. The first-order valence-corrected chi connectivity index (χ1v) is 7.32. The summed E-state index contributed by atoms with van der Waals surface area (Å²) in [7, 11) is 0. The van der Waals surface area contributed by atoms with Crippen LogP contribution in [0.15, 0.2) is 36.9 Å². The fourth-order valence-corrected chi connectivity index (χ4v) is 2.29. The SMILES string of the molecule is CC(C)(C)C(O)C(Oc1ccc(Cl)cc1Cl)n1ccnc1.Cl. The third-order valence-corrected chi connectivity index (χ3v) is 3.65. The Labute approximate surface area is 146 Å². The lowest BCUT2D eigenvalue weighted by atomic mass is 9.88. The topological polar surface area (TPSA) is 47.3 Å². The average Bonchev–Trinajstić information content (AvgIpc) is 2.90. The van der Waals surface area contributed by atoms with Crippen LogP contribution in [0, 0.1) is 5.41 Å². The van der Waals surface area contributed by atoms with Crippen LogP contribution < -0.4 is 4.74 Å². The van der Waals surface area contributed by atoms with Crippen LogP contribution in [0.25, 0.3) is 0 Å². The number of benzene rings is 1. The monoisotopic (exact) mass is 364 g/mol. The van der Waals surface area contributed by atoms with Crippen molar-refractivity contribution in [2.45, 2.75) is 33.1 Å². The number of hydrogen-bond donors (Lipinski definition) is 1. The molecule has 2 rings (SSSR count). The van der Waals surface area contributed by atoms with Crippen molar-refractivity contribution in [3.63, 3.8) is 0 Å². The van der Waals surface area contributed by atoms with E-state index in [2.05, 4.69) is 4.98 Å². The Bertz CT molecular complexity index is 597. The number of rotatable bonds is 4. The third-order valence-electron chi connectivity index (χ3n) is 3.12. The van der Waals surface area contributed by atoms with E-state index in [-0.39, 0.29) is 17.8 Å². The van der Waals surface area contributed by atoms with Gasteiger partial charge in [0.05, 0.1) is 11.3 Å². The Hall–Kier alpha value is -0.940. The zero-order chi connectivity index (χ0) is 15.6. The molecule has 1 aromatic heterocycles. The second-order valence-electron chi connectivity index (χ2n) is 5.90. The van der Waals surface area contributed by atoms with E-state index < -0.39 is 12.3 Å². The number of aromatic nitrogens is 2. The van der Waals surface area contributed by atoms with Crippen LogP contribution in [-0.4, -0.2) is 20.8 Å². The van der Waals surface area contributed by atoms with Gasteiger partial charge in [0.15, 0.2) is 0 Å². The van der Waals surface area contributed by atoms with Gasteiger partial charge in [-0.25, -0.2) is 4.98 Å². The molecule has 1 aromatic carbocycles. The van der Waals surface area contributed by atoms with Crippen LogP contribution in [0.3, 0.4) is 0 Å². The lowest BCUT2D eigenvalue weighted by Crippen LogP contribution is -2.38. The van der Waals surface area contributed by atoms with Crippen molar-refractivity contribution in [1.82, 2.24) is 9.55 Å². The number of aliphatic hydroxyl groups is 1. The normalized spacial score (nSPS) is 14.1. The lowest BCUT2D eigenvalue weighted by Gasteiger charge is -2.33. The van der Waals surface area contributed by atoms with Gasteiger partial charge in [0.1, 0.15) is 11.9 Å². The van der Waals surface area contributed by atoms with E-state index in [9.17, 15) is 5.11 Å². The van der Waals surface area contributed by atoms with Gasteiger partial charge in [-0.1, -0.05) is 44.0 Å². The molecule has 1 heterocycles. The maximum atomic E-state index is 10.6. The summed E-state index contributed by atoms with van der Waals surface area (Å²) in [5.41, 5.74) is -0.367. The summed E-state index contributed by atoms with van der Waals surface area (Å²) in [6.07, 6.45) is 3.59. The Morgan fingerprint density at radius 3 is 2.45 bits per heavy atom. The van der Waals surface area contributed by atoms with Crippen LogP contribution in [0.2, 0.25) is 10.0 Å². The van der Waals surface area contributed by atoms with Crippen molar-refractivity contribution in [2.24, 2.45) is 5.41 Å². The smallest absolute Gasteiger partial charge is 0.203 e. The van der Waals surface area contributed by atoms with Gasteiger partial charge in [-0.05, 0) is 23.6 Å². The van der Waals surface area contributed by atoms with Crippen LogP contribution in [0.5, 0.6) is 5.75 Å². The first-order valence-electron chi connectivity index (χ1n) is 6.56. The van der Waals surface area contributed by atoms with E-state index in [1.165, 1.54) is 0 Å². The van der Waals surface area contributed by atoms with Crippen molar-refractivity contribution in [3.8, 4) is 5.75 Å². The largest absolute Gasteiger partial charge is 0.466 e. The zero-order valence-electron chi connectivity index (χ0n) is 12.5. The molecule has 0 aliphatic rings. The number of ether oxygens (including phenoxy) is 1. The maximum Gasteiger partial charge on any atom is 0.203 e. The van der Waals surface area contributed by atoms with Gasteiger partial charge in [0, 0.05) is 17.4 Å². The Kier molecular flexibility index (Phi) is 6.56. The quantitative estimate of drug-likeness (QED) is 0.861. The van der Waals surface area contributed by atoms with E-state index in [1.54, 1.807) is 41.5 Å². The molecule has 2 atom stereocenters. The summed E-state index contributed by atoms with van der Waals surface area (Å²) >= 11 is 12.0. The minimum Gasteiger partial charge on any atom is -0.466 e. The highest BCUT2D eigenvalue weighted by atomic mass is 35.5. The first-order chi connectivity index (χ1) is 9.79. The Morgan fingerprint density at radius 2 is 1.95 bits per heavy atom. The second kappa shape index (κ2) is 7.55. The molecule has 0 aliphatic carbocycles. The fourth-order valence-electron chi connectivity index (χ4n) is 1.84. The van der Waals surface area contributed by atoms with Crippen molar-refractivity contribution in [3.05, 3.63) is 47.0 Å². The van der Waals surface area contributed by atoms with Crippen LogP contribution >= 0.6 is 35.6 Å². The summed E-state index contributed by atoms with van der Waals surface area (Å²) in [6.45, 7) is 5.82. The molecule has 0 fully saturated rings. The zero-order valence-corrected chi connectivity index (χ0v) is 14.9. The van der Waals surface area contributed by atoms with E-state index in [4.69, 9.17) is 27.9 Å². The minimum absolute atomic E-state index is 0. The average molecular weight is 366 g/mol. The molecule has 0 radical (unpaired) electrons. The van der Waals surface area contributed by atoms with Gasteiger partial charge in [-0.2, -0.15) is 0 Å².